The third kappa shape index (κ3) is 3.85. The van der Waals surface area contributed by atoms with Crippen molar-refractivity contribution in [2.75, 3.05) is 13.2 Å². The van der Waals surface area contributed by atoms with Gasteiger partial charge in [0.1, 0.15) is 5.60 Å². The summed E-state index contributed by atoms with van der Waals surface area (Å²) in [6.07, 6.45) is 1.56. The molecule has 2 aliphatic rings. The Balaban J connectivity index is 1.49. The lowest BCUT2D eigenvalue weighted by Crippen LogP contribution is -2.53. The Hall–Kier alpha value is -2.48. The summed E-state index contributed by atoms with van der Waals surface area (Å²) >= 11 is 0. The van der Waals surface area contributed by atoms with Crippen LogP contribution >= 0.6 is 0 Å². The molecule has 8 nitrogen and oxygen atoms in total. The Bertz CT molecular complexity index is 742. The van der Waals surface area contributed by atoms with Gasteiger partial charge >= 0.3 is 0 Å². The van der Waals surface area contributed by atoms with Gasteiger partial charge in [-0.05, 0) is 33.8 Å². The van der Waals surface area contributed by atoms with Gasteiger partial charge in [0.15, 0.2) is 17.2 Å². The van der Waals surface area contributed by atoms with E-state index < -0.39 is 5.66 Å². The van der Waals surface area contributed by atoms with Crippen molar-refractivity contribution in [2.24, 2.45) is 21.5 Å². The lowest BCUT2D eigenvalue weighted by molar-refractivity contribution is -0.158. The number of nitrogens with zero attached hydrogens (tertiary/aromatic N) is 3. The average Bonchev–Trinajstić information content (AvgIpc) is 2.83. The molecule has 0 atom stereocenters. The van der Waals surface area contributed by atoms with Crippen molar-refractivity contribution in [3.05, 3.63) is 23.8 Å². The van der Waals surface area contributed by atoms with E-state index in [1.807, 2.05) is 26.0 Å². The first-order chi connectivity index (χ1) is 12.2. The first kappa shape index (κ1) is 18.3. The third-order valence-electron chi connectivity index (χ3n) is 4.14. The van der Waals surface area contributed by atoms with E-state index in [4.69, 9.17) is 25.8 Å². The molecule has 0 saturated heterocycles. The molecule has 0 spiro atoms. The molecule has 4 N–H and O–H groups in total. The minimum Gasteiger partial charge on any atom is -0.490 e. The van der Waals surface area contributed by atoms with Gasteiger partial charge in [-0.25, -0.2) is 4.99 Å². The van der Waals surface area contributed by atoms with Crippen LogP contribution < -0.4 is 20.9 Å². The zero-order valence-corrected chi connectivity index (χ0v) is 15.8. The van der Waals surface area contributed by atoms with Gasteiger partial charge in [0, 0.05) is 18.4 Å². The number of rotatable bonds is 6. The van der Waals surface area contributed by atoms with E-state index in [-0.39, 0.29) is 17.5 Å². The van der Waals surface area contributed by atoms with Gasteiger partial charge in [0.05, 0.1) is 13.2 Å². The minimum atomic E-state index is -0.698. The standard InChI is InChI=1S/C18H27N5O3/c1-17(2)11-12-7-5-8-13(14(12)26-17)24-9-6-10-25-23-16(20)21-15(19)22-18(23,3)4/h5,7-8H,6,9-11H2,1-4H3,(H4,19,20,21,22). The average molecular weight is 361 g/mol. The molecule has 2 aliphatic heterocycles. The lowest BCUT2D eigenvalue weighted by Gasteiger charge is -2.36. The number of hydrogen-bond acceptors (Lipinski definition) is 8. The van der Waals surface area contributed by atoms with Crippen molar-refractivity contribution >= 4 is 11.9 Å². The molecular weight excluding hydrogens is 334 g/mol. The summed E-state index contributed by atoms with van der Waals surface area (Å²) in [6.45, 7) is 8.76. The molecule has 2 heterocycles. The number of ether oxygens (including phenoxy) is 2. The summed E-state index contributed by atoms with van der Waals surface area (Å²) in [5.41, 5.74) is 11.8. The van der Waals surface area contributed by atoms with E-state index in [1.165, 1.54) is 10.6 Å². The van der Waals surface area contributed by atoms with E-state index in [9.17, 15) is 0 Å². The number of para-hydroxylation sites is 1. The second-order valence-electron chi connectivity index (χ2n) is 7.55. The molecule has 0 unspecified atom stereocenters. The zero-order valence-electron chi connectivity index (χ0n) is 15.8. The Morgan fingerprint density at radius 3 is 2.69 bits per heavy atom. The van der Waals surface area contributed by atoms with Crippen LogP contribution in [0.5, 0.6) is 11.5 Å². The molecule has 0 saturated carbocycles. The van der Waals surface area contributed by atoms with E-state index in [2.05, 4.69) is 29.9 Å². The second kappa shape index (κ2) is 6.68. The molecule has 1 aromatic carbocycles. The predicted octanol–water partition coefficient (Wildman–Crippen LogP) is 1.78. The Morgan fingerprint density at radius 2 is 1.96 bits per heavy atom. The van der Waals surface area contributed by atoms with Crippen LogP contribution in [0.3, 0.4) is 0 Å². The van der Waals surface area contributed by atoms with Crippen LogP contribution in [0, 0.1) is 0 Å². The quantitative estimate of drug-likeness (QED) is 0.748. The van der Waals surface area contributed by atoms with Gasteiger partial charge in [-0.2, -0.15) is 10.1 Å². The molecular formula is C18H27N5O3. The zero-order chi connectivity index (χ0) is 18.9. The van der Waals surface area contributed by atoms with Crippen molar-refractivity contribution in [1.82, 2.24) is 5.06 Å². The van der Waals surface area contributed by atoms with Crippen molar-refractivity contribution < 1.29 is 14.3 Å². The Morgan fingerprint density at radius 1 is 1.19 bits per heavy atom. The maximum Gasteiger partial charge on any atom is 0.226 e. The van der Waals surface area contributed by atoms with Crippen LogP contribution in [0.15, 0.2) is 28.2 Å². The highest BCUT2D eigenvalue weighted by Crippen LogP contribution is 2.41. The fourth-order valence-corrected chi connectivity index (χ4v) is 3.12. The summed E-state index contributed by atoms with van der Waals surface area (Å²) in [6, 6.07) is 6.00. The molecule has 0 bridgehead atoms. The monoisotopic (exact) mass is 361 g/mol. The first-order valence-electron chi connectivity index (χ1n) is 8.74. The van der Waals surface area contributed by atoms with Crippen molar-refractivity contribution in [2.45, 2.75) is 51.8 Å². The van der Waals surface area contributed by atoms with E-state index in [0.717, 1.165) is 17.9 Å². The van der Waals surface area contributed by atoms with Crippen LogP contribution in [0.1, 0.15) is 39.7 Å². The predicted molar refractivity (Wildman–Crippen MR) is 100 cm³/mol. The number of guanidine groups is 2. The largest absolute Gasteiger partial charge is 0.490 e. The van der Waals surface area contributed by atoms with Crippen molar-refractivity contribution in [3.63, 3.8) is 0 Å². The highest BCUT2D eigenvalue weighted by atomic mass is 16.7. The number of nitrogens with two attached hydrogens (primary N) is 2. The van der Waals surface area contributed by atoms with Gasteiger partial charge < -0.3 is 20.9 Å². The highest BCUT2D eigenvalue weighted by molar-refractivity contribution is 5.95. The fraction of sp³-hybridized carbons (Fsp3) is 0.556. The molecule has 3 rings (SSSR count). The molecule has 0 aliphatic carbocycles. The summed E-state index contributed by atoms with van der Waals surface area (Å²) < 4.78 is 11.9. The molecule has 0 radical (unpaired) electrons. The molecule has 1 aromatic rings. The topological polar surface area (TPSA) is 108 Å². The van der Waals surface area contributed by atoms with E-state index in [1.54, 1.807) is 0 Å². The number of fused-ring (bicyclic) bond motifs is 1. The van der Waals surface area contributed by atoms with Crippen LogP contribution in [-0.2, 0) is 11.3 Å². The SMILES string of the molecule is CC1(C)Cc2cccc(OCCCON3C(N)=NC(N)=NC3(C)C)c2O1. The molecule has 8 heteroatoms. The van der Waals surface area contributed by atoms with Gasteiger partial charge in [-0.1, -0.05) is 12.1 Å². The van der Waals surface area contributed by atoms with E-state index >= 15 is 0 Å². The van der Waals surface area contributed by atoms with Crippen LogP contribution in [0.2, 0.25) is 0 Å². The first-order valence-corrected chi connectivity index (χ1v) is 8.74. The summed E-state index contributed by atoms with van der Waals surface area (Å²) in [5.74, 6) is 1.96. The summed E-state index contributed by atoms with van der Waals surface area (Å²) in [4.78, 5) is 13.9. The molecule has 26 heavy (non-hydrogen) atoms. The Kier molecular flexibility index (Phi) is 4.70. The molecule has 0 amide bonds. The molecule has 0 aromatic heterocycles. The van der Waals surface area contributed by atoms with Crippen molar-refractivity contribution in [3.8, 4) is 11.5 Å². The Labute approximate surface area is 153 Å². The normalized spacial score (nSPS) is 20.1. The van der Waals surface area contributed by atoms with Gasteiger partial charge in [-0.15, -0.1) is 0 Å². The van der Waals surface area contributed by atoms with Gasteiger partial charge in [0.25, 0.3) is 0 Å². The van der Waals surface area contributed by atoms with Crippen molar-refractivity contribution in [1.29, 1.82) is 0 Å². The minimum absolute atomic E-state index is 0.150. The number of hydrogen-bond donors (Lipinski definition) is 2. The highest BCUT2D eigenvalue weighted by Gasteiger charge is 2.33. The molecule has 0 fully saturated rings. The second-order valence-corrected chi connectivity index (χ2v) is 7.55. The van der Waals surface area contributed by atoms with Crippen LogP contribution in [0.25, 0.3) is 0 Å². The van der Waals surface area contributed by atoms with Gasteiger partial charge in [0.2, 0.25) is 11.9 Å². The number of hydroxylamine groups is 2. The summed E-state index contributed by atoms with van der Waals surface area (Å²) in [7, 11) is 0. The maximum absolute atomic E-state index is 6.01. The third-order valence-corrected chi connectivity index (χ3v) is 4.14. The maximum atomic E-state index is 6.01. The smallest absolute Gasteiger partial charge is 0.226 e. The fourth-order valence-electron chi connectivity index (χ4n) is 3.12. The number of benzene rings is 1. The van der Waals surface area contributed by atoms with Crippen LogP contribution in [-0.4, -0.2) is 41.5 Å². The van der Waals surface area contributed by atoms with Crippen LogP contribution in [0.4, 0.5) is 0 Å². The summed E-state index contributed by atoms with van der Waals surface area (Å²) in [5, 5.41) is 1.47. The molecule has 142 valence electrons. The number of aliphatic imine (C=N–C) groups is 2. The van der Waals surface area contributed by atoms with Gasteiger partial charge in [-0.3, -0.25) is 4.84 Å². The van der Waals surface area contributed by atoms with E-state index in [0.29, 0.717) is 19.6 Å². The lowest BCUT2D eigenvalue weighted by atomic mass is 10.0.